The third-order valence-corrected chi connectivity index (χ3v) is 2.97. The Hall–Kier alpha value is -1.27. The van der Waals surface area contributed by atoms with Crippen LogP contribution in [0.3, 0.4) is 0 Å². The third kappa shape index (κ3) is 2.40. The third-order valence-electron chi connectivity index (χ3n) is 2.46. The Kier molecular flexibility index (Phi) is 3.08. The van der Waals surface area contributed by atoms with Crippen molar-refractivity contribution < 1.29 is 0 Å². The van der Waals surface area contributed by atoms with Crippen molar-refractivity contribution in [3.63, 3.8) is 0 Å². The number of benzene rings is 2. The van der Waals surface area contributed by atoms with E-state index >= 15 is 0 Å². The second-order valence-electron chi connectivity index (χ2n) is 3.68. The number of hydrogen-bond donors (Lipinski definition) is 0. The summed E-state index contributed by atoms with van der Waals surface area (Å²) in [6.07, 6.45) is 0. The zero-order chi connectivity index (χ0) is 10.7. The highest BCUT2D eigenvalue weighted by Gasteiger charge is 2.08. The monoisotopic (exact) mass is 216 g/mol. The van der Waals surface area contributed by atoms with Gasteiger partial charge in [-0.2, -0.15) is 0 Å². The zero-order valence-corrected chi connectivity index (χ0v) is 9.41. The molecular weight excluding hydrogens is 204 g/mol. The van der Waals surface area contributed by atoms with Crippen molar-refractivity contribution in [1.82, 2.24) is 0 Å². The van der Waals surface area contributed by atoms with Crippen LogP contribution >= 0.6 is 11.6 Å². The molecule has 0 radical (unpaired) electrons. The van der Waals surface area contributed by atoms with E-state index in [0.717, 1.165) is 11.1 Å². The summed E-state index contributed by atoms with van der Waals surface area (Å²) in [6, 6.07) is 18.5. The Labute approximate surface area is 95.5 Å². The highest BCUT2D eigenvalue weighted by Crippen LogP contribution is 2.28. The van der Waals surface area contributed by atoms with Crippen molar-refractivity contribution in [1.29, 1.82) is 0 Å². The number of halogens is 1. The minimum atomic E-state index is -0.0493. The lowest BCUT2D eigenvalue weighted by molar-refractivity contribution is 1.14. The number of alkyl halides is 1. The van der Waals surface area contributed by atoms with E-state index in [1.165, 1.54) is 5.56 Å². The summed E-state index contributed by atoms with van der Waals surface area (Å²) in [4.78, 5) is 0. The van der Waals surface area contributed by atoms with Crippen LogP contribution in [0.5, 0.6) is 0 Å². The second-order valence-corrected chi connectivity index (χ2v) is 4.12. The van der Waals surface area contributed by atoms with Crippen molar-refractivity contribution in [2.24, 2.45) is 0 Å². The fourth-order valence-electron chi connectivity index (χ4n) is 1.55. The SMILES string of the molecule is Cc1ccc(C(Cl)c2ccccc2)cc1. The maximum Gasteiger partial charge on any atom is 0.0835 e. The molecule has 0 aliphatic carbocycles. The molecule has 0 aliphatic rings. The summed E-state index contributed by atoms with van der Waals surface area (Å²) >= 11 is 6.38. The van der Waals surface area contributed by atoms with Gasteiger partial charge in [0.2, 0.25) is 0 Å². The van der Waals surface area contributed by atoms with Gasteiger partial charge in [0.25, 0.3) is 0 Å². The highest BCUT2D eigenvalue weighted by atomic mass is 35.5. The molecule has 0 N–H and O–H groups in total. The Balaban J connectivity index is 2.29. The molecule has 2 rings (SSSR count). The van der Waals surface area contributed by atoms with Crippen molar-refractivity contribution in [3.8, 4) is 0 Å². The minimum absolute atomic E-state index is 0.0493. The predicted molar refractivity (Wildman–Crippen MR) is 65.3 cm³/mol. The number of rotatable bonds is 2. The fraction of sp³-hybridized carbons (Fsp3) is 0.143. The van der Waals surface area contributed by atoms with Gasteiger partial charge in [-0.25, -0.2) is 0 Å². The Morgan fingerprint density at radius 2 is 1.33 bits per heavy atom. The molecule has 0 spiro atoms. The van der Waals surface area contributed by atoms with E-state index < -0.39 is 0 Å². The van der Waals surface area contributed by atoms with Gasteiger partial charge in [-0.05, 0) is 18.1 Å². The lowest BCUT2D eigenvalue weighted by Crippen LogP contribution is -1.92. The second kappa shape index (κ2) is 4.50. The van der Waals surface area contributed by atoms with E-state index in [-0.39, 0.29) is 5.38 Å². The van der Waals surface area contributed by atoms with E-state index in [1.807, 2.05) is 18.2 Å². The number of hydrogen-bond acceptors (Lipinski definition) is 0. The first-order valence-electron chi connectivity index (χ1n) is 5.03. The van der Waals surface area contributed by atoms with Gasteiger partial charge < -0.3 is 0 Å². The quantitative estimate of drug-likeness (QED) is 0.656. The summed E-state index contributed by atoms with van der Waals surface area (Å²) in [5.41, 5.74) is 3.55. The standard InChI is InChI=1S/C14H13Cl/c1-11-7-9-13(10-8-11)14(15)12-5-3-2-4-6-12/h2-10,14H,1H3. The van der Waals surface area contributed by atoms with Crippen LogP contribution in [0.15, 0.2) is 54.6 Å². The van der Waals surface area contributed by atoms with Crippen molar-refractivity contribution >= 4 is 11.6 Å². The largest absolute Gasteiger partial charge is 0.113 e. The first kappa shape index (κ1) is 10.3. The Morgan fingerprint density at radius 3 is 1.93 bits per heavy atom. The van der Waals surface area contributed by atoms with Crippen LogP contribution < -0.4 is 0 Å². The summed E-state index contributed by atoms with van der Waals surface area (Å²) in [6.45, 7) is 2.08. The van der Waals surface area contributed by atoms with Gasteiger partial charge in [-0.1, -0.05) is 60.2 Å². The van der Waals surface area contributed by atoms with Gasteiger partial charge in [-0.3, -0.25) is 0 Å². The van der Waals surface area contributed by atoms with Gasteiger partial charge in [0.1, 0.15) is 0 Å². The van der Waals surface area contributed by atoms with Gasteiger partial charge in [-0.15, -0.1) is 11.6 Å². The maximum absolute atomic E-state index is 6.38. The summed E-state index contributed by atoms with van der Waals surface area (Å²) in [5.74, 6) is 0. The molecule has 2 aromatic carbocycles. The molecule has 0 amide bonds. The highest BCUT2D eigenvalue weighted by molar-refractivity contribution is 6.22. The zero-order valence-electron chi connectivity index (χ0n) is 8.65. The smallest absolute Gasteiger partial charge is 0.0835 e. The topological polar surface area (TPSA) is 0 Å². The van der Waals surface area contributed by atoms with Crippen LogP contribution in [0.4, 0.5) is 0 Å². The molecule has 0 saturated heterocycles. The molecule has 76 valence electrons. The molecule has 0 saturated carbocycles. The average molecular weight is 217 g/mol. The number of aryl methyl sites for hydroxylation is 1. The normalized spacial score (nSPS) is 12.4. The Bertz CT molecular complexity index is 417. The predicted octanol–water partition coefficient (Wildman–Crippen LogP) is 4.32. The lowest BCUT2D eigenvalue weighted by atomic mass is 10.0. The molecule has 0 heterocycles. The first-order valence-corrected chi connectivity index (χ1v) is 5.46. The van der Waals surface area contributed by atoms with Crippen molar-refractivity contribution in [2.45, 2.75) is 12.3 Å². The summed E-state index contributed by atoms with van der Waals surface area (Å²) < 4.78 is 0. The van der Waals surface area contributed by atoms with Gasteiger partial charge in [0.15, 0.2) is 0 Å². The summed E-state index contributed by atoms with van der Waals surface area (Å²) in [7, 11) is 0. The molecule has 0 aromatic heterocycles. The first-order chi connectivity index (χ1) is 7.27. The molecule has 2 aromatic rings. The summed E-state index contributed by atoms with van der Waals surface area (Å²) in [5, 5.41) is -0.0493. The van der Waals surface area contributed by atoms with E-state index in [4.69, 9.17) is 11.6 Å². The molecule has 0 nitrogen and oxygen atoms in total. The van der Waals surface area contributed by atoms with Gasteiger partial charge in [0, 0.05) is 0 Å². The molecule has 0 fully saturated rings. The van der Waals surface area contributed by atoms with Crippen molar-refractivity contribution in [3.05, 3.63) is 71.3 Å². The molecule has 15 heavy (non-hydrogen) atoms. The van der Waals surface area contributed by atoms with Crippen LogP contribution in [0.2, 0.25) is 0 Å². The minimum Gasteiger partial charge on any atom is -0.113 e. The molecular formula is C14H13Cl. The molecule has 1 heteroatoms. The Morgan fingerprint density at radius 1 is 0.800 bits per heavy atom. The molecule has 0 bridgehead atoms. The van der Waals surface area contributed by atoms with Crippen LogP contribution in [0.25, 0.3) is 0 Å². The fourth-order valence-corrected chi connectivity index (χ4v) is 1.84. The van der Waals surface area contributed by atoms with Crippen molar-refractivity contribution in [2.75, 3.05) is 0 Å². The van der Waals surface area contributed by atoms with E-state index in [2.05, 4.69) is 43.3 Å². The maximum atomic E-state index is 6.38. The van der Waals surface area contributed by atoms with E-state index in [1.54, 1.807) is 0 Å². The molecule has 1 atom stereocenters. The van der Waals surface area contributed by atoms with E-state index in [0.29, 0.717) is 0 Å². The molecule has 0 aliphatic heterocycles. The average Bonchev–Trinajstić information content (AvgIpc) is 2.30. The lowest BCUT2D eigenvalue weighted by Gasteiger charge is -2.10. The van der Waals surface area contributed by atoms with Crippen LogP contribution in [0.1, 0.15) is 22.1 Å². The molecule has 1 unspecified atom stereocenters. The van der Waals surface area contributed by atoms with Crippen LogP contribution in [0, 0.1) is 6.92 Å². The van der Waals surface area contributed by atoms with Crippen LogP contribution in [-0.2, 0) is 0 Å². The van der Waals surface area contributed by atoms with E-state index in [9.17, 15) is 0 Å². The van der Waals surface area contributed by atoms with Gasteiger partial charge >= 0.3 is 0 Å². The van der Waals surface area contributed by atoms with Gasteiger partial charge in [0.05, 0.1) is 5.38 Å². The van der Waals surface area contributed by atoms with Crippen LogP contribution in [-0.4, -0.2) is 0 Å².